The van der Waals surface area contributed by atoms with Gasteiger partial charge in [0.2, 0.25) is 5.91 Å². The van der Waals surface area contributed by atoms with E-state index in [2.05, 4.69) is 5.32 Å². The van der Waals surface area contributed by atoms with Gasteiger partial charge in [0, 0.05) is 28.5 Å². The van der Waals surface area contributed by atoms with Crippen molar-refractivity contribution in [3.05, 3.63) is 34.6 Å². The van der Waals surface area contributed by atoms with Gasteiger partial charge in [0.15, 0.2) is 0 Å². The Kier molecular flexibility index (Phi) is 4.57. The Bertz CT molecular complexity index is 616. The van der Waals surface area contributed by atoms with E-state index in [1.54, 1.807) is 12.1 Å². The predicted molar refractivity (Wildman–Crippen MR) is 83.8 cm³/mol. The van der Waals surface area contributed by atoms with E-state index >= 15 is 0 Å². The lowest BCUT2D eigenvalue weighted by Gasteiger charge is -2.25. The van der Waals surface area contributed by atoms with Crippen LogP contribution in [0.4, 0.5) is 4.39 Å². The first kappa shape index (κ1) is 16.2. The second-order valence-electron chi connectivity index (χ2n) is 6.49. The van der Waals surface area contributed by atoms with Gasteiger partial charge in [-0.3, -0.25) is 9.59 Å². The van der Waals surface area contributed by atoms with Crippen LogP contribution in [0.25, 0.3) is 0 Å². The van der Waals surface area contributed by atoms with Crippen LogP contribution in [-0.4, -0.2) is 23.0 Å². The van der Waals surface area contributed by atoms with Crippen molar-refractivity contribution in [2.24, 2.45) is 11.8 Å². The smallest absolute Gasteiger partial charge is 0.306 e. The fourth-order valence-electron chi connectivity index (χ4n) is 3.49. The molecular formula is C17H19ClFNO3. The lowest BCUT2D eigenvalue weighted by Crippen LogP contribution is -2.37. The van der Waals surface area contributed by atoms with Crippen molar-refractivity contribution >= 4 is 23.5 Å². The number of halogens is 2. The zero-order valence-corrected chi connectivity index (χ0v) is 13.4. The van der Waals surface area contributed by atoms with Gasteiger partial charge < -0.3 is 10.4 Å². The average molecular weight is 340 g/mol. The fraction of sp³-hybridized carbons (Fsp3) is 0.529. The maximum Gasteiger partial charge on any atom is 0.306 e. The number of carboxylic acids is 1. The number of aliphatic carboxylic acids is 1. The maximum atomic E-state index is 13.9. The second kappa shape index (κ2) is 6.48. The Morgan fingerprint density at radius 2 is 1.96 bits per heavy atom. The molecule has 0 bridgehead atoms. The number of carbonyl (C=O) groups excluding carboxylic acids is 1. The van der Waals surface area contributed by atoms with Crippen LogP contribution in [0.1, 0.15) is 43.6 Å². The summed E-state index contributed by atoms with van der Waals surface area (Å²) in [5, 5.41) is 12.4. The summed E-state index contributed by atoms with van der Waals surface area (Å²) < 4.78 is 13.9. The summed E-state index contributed by atoms with van der Waals surface area (Å²) in [7, 11) is 0. The zero-order valence-electron chi connectivity index (χ0n) is 12.6. The van der Waals surface area contributed by atoms with Gasteiger partial charge in [0.25, 0.3) is 0 Å². The summed E-state index contributed by atoms with van der Waals surface area (Å²) in [4.78, 5) is 23.4. The van der Waals surface area contributed by atoms with E-state index in [0.29, 0.717) is 36.3 Å². The molecule has 2 aliphatic carbocycles. The lowest BCUT2D eigenvalue weighted by molar-refractivity contribution is -0.144. The largest absolute Gasteiger partial charge is 0.481 e. The highest BCUT2D eigenvalue weighted by molar-refractivity contribution is 6.31. The van der Waals surface area contributed by atoms with Crippen LogP contribution >= 0.6 is 11.6 Å². The molecule has 1 amide bonds. The van der Waals surface area contributed by atoms with Gasteiger partial charge in [-0.1, -0.05) is 24.1 Å². The van der Waals surface area contributed by atoms with Crippen LogP contribution in [0.2, 0.25) is 5.02 Å². The quantitative estimate of drug-likeness (QED) is 0.884. The molecule has 0 radical (unpaired) electrons. The van der Waals surface area contributed by atoms with Crippen molar-refractivity contribution in [1.29, 1.82) is 0 Å². The van der Waals surface area contributed by atoms with Crippen molar-refractivity contribution in [3.63, 3.8) is 0 Å². The average Bonchev–Trinajstić information content (AvgIpc) is 3.26. The van der Waals surface area contributed by atoms with Gasteiger partial charge in [0.05, 0.1) is 5.92 Å². The number of hydrogen-bond acceptors (Lipinski definition) is 2. The van der Waals surface area contributed by atoms with E-state index in [-0.39, 0.29) is 29.6 Å². The highest BCUT2D eigenvalue weighted by Crippen LogP contribution is 2.45. The summed E-state index contributed by atoms with van der Waals surface area (Å²) in [5.74, 6) is -2.08. The summed E-state index contributed by atoms with van der Waals surface area (Å²) in [6.45, 7) is 0. The molecule has 2 aliphatic rings. The van der Waals surface area contributed by atoms with Crippen LogP contribution in [0.15, 0.2) is 18.2 Å². The Morgan fingerprint density at radius 1 is 1.22 bits per heavy atom. The van der Waals surface area contributed by atoms with Crippen LogP contribution in [0.3, 0.4) is 0 Å². The highest BCUT2D eigenvalue weighted by Gasteiger charge is 2.43. The predicted octanol–water partition coefficient (Wildman–Crippen LogP) is 3.34. The Hall–Kier alpha value is -1.62. The van der Waals surface area contributed by atoms with Crippen LogP contribution < -0.4 is 5.32 Å². The summed E-state index contributed by atoms with van der Waals surface area (Å²) in [6.07, 6.45) is 3.16. The third kappa shape index (κ3) is 3.50. The molecule has 0 aliphatic heterocycles. The number of amides is 1. The van der Waals surface area contributed by atoms with Gasteiger partial charge in [-0.15, -0.1) is 0 Å². The second-order valence-corrected chi connectivity index (χ2v) is 6.90. The van der Waals surface area contributed by atoms with Gasteiger partial charge in [0.1, 0.15) is 5.82 Å². The summed E-state index contributed by atoms with van der Waals surface area (Å²) in [5.41, 5.74) is 0.464. The minimum Gasteiger partial charge on any atom is -0.481 e. The van der Waals surface area contributed by atoms with Gasteiger partial charge >= 0.3 is 5.97 Å². The van der Waals surface area contributed by atoms with Crippen LogP contribution in [0.5, 0.6) is 0 Å². The SMILES string of the molecule is O=C(O)C1CCCC(C(=O)NC2CC2c2c(F)cccc2Cl)C1. The number of rotatable bonds is 4. The molecule has 23 heavy (non-hydrogen) atoms. The number of carboxylic acid groups (broad SMARTS) is 1. The summed E-state index contributed by atoms with van der Waals surface area (Å²) in [6, 6.07) is 4.47. The fourth-order valence-corrected chi connectivity index (χ4v) is 3.79. The maximum absolute atomic E-state index is 13.9. The van der Waals surface area contributed by atoms with E-state index in [1.807, 2.05) is 0 Å². The first-order valence-electron chi connectivity index (χ1n) is 7.94. The molecular weight excluding hydrogens is 321 g/mol. The molecule has 2 N–H and O–H groups in total. The van der Waals surface area contributed by atoms with Crippen molar-refractivity contribution in [3.8, 4) is 0 Å². The first-order chi connectivity index (χ1) is 11.0. The number of nitrogens with one attached hydrogen (secondary N) is 1. The van der Waals surface area contributed by atoms with Crippen molar-refractivity contribution in [2.45, 2.75) is 44.1 Å². The third-order valence-electron chi connectivity index (χ3n) is 4.88. The molecule has 4 atom stereocenters. The van der Waals surface area contributed by atoms with E-state index in [4.69, 9.17) is 16.7 Å². The van der Waals surface area contributed by atoms with E-state index in [1.165, 1.54) is 6.07 Å². The Balaban J connectivity index is 1.59. The first-order valence-corrected chi connectivity index (χ1v) is 8.32. The molecule has 4 nitrogen and oxygen atoms in total. The van der Waals surface area contributed by atoms with E-state index in [9.17, 15) is 14.0 Å². The normalized spacial score (nSPS) is 29.8. The van der Waals surface area contributed by atoms with Gasteiger partial charge in [-0.05, 0) is 37.8 Å². The molecule has 3 rings (SSSR count). The summed E-state index contributed by atoms with van der Waals surface area (Å²) >= 11 is 6.05. The van der Waals surface area contributed by atoms with Crippen molar-refractivity contribution < 1.29 is 19.1 Å². The van der Waals surface area contributed by atoms with Crippen molar-refractivity contribution in [1.82, 2.24) is 5.32 Å². The molecule has 0 spiro atoms. The standard InChI is InChI=1S/C17H19ClFNO3/c18-12-5-2-6-13(19)15(12)11-8-14(11)20-16(21)9-3-1-4-10(7-9)17(22)23/h2,5-6,9-11,14H,1,3-4,7-8H2,(H,20,21)(H,22,23). The zero-order chi connectivity index (χ0) is 16.6. The Morgan fingerprint density at radius 3 is 2.65 bits per heavy atom. The van der Waals surface area contributed by atoms with Crippen molar-refractivity contribution in [2.75, 3.05) is 0 Å². The molecule has 2 saturated carbocycles. The topological polar surface area (TPSA) is 66.4 Å². The molecule has 2 fully saturated rings. The third-order valence-corrected chi connectivity index (χ3v) is 5.21. The Labute approximate surface area is 139 Å². The van der Waals surface area contributed by atoms with Gasteiger partial charge in [-0.2, -0.15) is 0 Å². The molecule has 124 valence electrons. The number of hydrogen-bond donors (Lipinski definition) is 2. The molecule has 0 aromatic heterocycles. The molecule has 0 heterocycles. The highest BCUT2D eigenvalue weighted by atomic mass is 35.5. The monoisotopic (exact) mass is 339 g/mol. The number of carbonyl (C=O) groups is 2. The molecule has 4 unspecified atom stereocenters. The van der Waals surface area contributed by atoms with E-state index < -0.39 is 11.9 Å². The van der Waals surface area contributed by atoms with Gasteiger partial charge in [-0.25, -0.2) is 4.39 Å². The lowest BCUT2D eigenvalue weighted by atomic mass is 9.81. The molecule has 1 aromatic carbocycles. The number of benzene rings is 1. The molecule has 6 heteroatoms. The van der Waals surface area contributed by atoms with Crippen LogP contribution in [0, 0.1) is 17.7 Å². The molecule has 1 aromatic rings. The minimum atomic E-state index is -0.829. The van der Waals surface area contributed by atoms with E-state index in [0.717, 1.165) is 6.42 Å². The van der Waals surface area contributed by atoms with Crippen LogP contribution in [-0.2, 0) is 9.59 Å². The molecule has 0 saturated heterocycles. The minimum absolute atomic E-state index is 0.0912.